The molecular formula is C18H33N3O2. The van der Waals surface area contributed by atoms with Gasteiger partial charge in [-0.05, 0) is 38.8 Å². The van der Waals surface area contributed by atoms with Crippen LogP contribution < -0.4 is 5.32 Å². The molecule has 2 unspecified atom stereocenters. The Morgan fingerprint density at radius 2 is 1.91 bits per heavy atom. The molecule has 0 aliphatic rings. The van der Waals surface area contributed by atoms with Crippen molar-refractivity contribution in [2.75, 3.05) is 19.6 Å². The number of aromatic nitrogens is 1. The van der Waals surface area contributed by atoms with Crippen LogP contribution >= 0.6 is 0 Å². The fourth-order valence-corrected chi connectivity index (χ4v) is 3.06. The van der Waals surface area contributed by atoms with Gasteiger partial charge in [-0.2, -0.15) is 0 Å². The molecule has 23 heavy (non-hydrogen) atoms. The van der Waals surface area contributed by atoms with Crippen molar-refractivity contribution in [2.45, 2.75) is 67.3 Å². The number of hydrogen-bond acceptors (Lipinski definition) is 4. The molecule has 0 radical (unpaired) electrons. The molecule has 0 saturated heterocycles. The van der Waals surface area contributed by atoms with Gasteiger partial charge in [-0.3, -0.25) is 4.79 Å². The molecule has 1 aromatic rings. The summed E-state index contributed by atoms with van der Waals surface area (Å²) in [7, 11) is 0. The van der Waals surface area contributed by atoms with Crippen molar-refractivity contribution in [1.82, 2.24) is 15.4 Å². The van der Waals surface area contributed by atoms with Gasteiger partial charge in [0.25, 0.3) is 5.91 Å². The fraction of sp³-hybridized carbons (Fsp3) is 0.778. The predicted octanol–water partition coefficient (Wildman–Crippen LogP) is 3.42. The van der Waals surface area contributed by atoms with Crippen LogP contribution in [0, 0.1) is 12.3 Å². The number of nitrogens with one attached hydrogen (secondary N) is 1. The lowest BCUT2D eigenvalue weighted by molar-refractivity contribution is 0.0774. The van der Waals surface area contributed by atoms with Gasteiger partial charge >= 0.3 is 0 Å². The zero-order valence-electron chi connectivity index (χ0n) is 15.8. The van der Waals surface area contributed by atoms with E-state index in [4.69, 9.17) is 4.52 Å². The Balaban J connectivity index is 2.79. The minimum atomic E-state index is -0.141. The van der Waals surface area contributed by atoms with E-state index in [0.29, 0.717) is 18.3 Å². The van der Waals surface area contributed by atoms with Crippen LogP contribution in [-0.4, -0.2) is 41.6 Å². The molecule has 1 amide bonds. The van der Waals surface area contributed by atoms with E-state index in [2.05, 4.69) is 50.0 Å². The van der Waals surface area contributed by atoms with Gasteiger partial charge < -0.3 is 14.7 Å². The van der Waals surface area contributed by atoms with Gasteiger partial charge in [0.2, 0.25) is 0 Å². The van der Waals surface area contributed by atoms with Crippen LogP contribution in [0.15, 0.2) is 4.52 Å². The van der Waals surface area contributed by atoms with Gasteiger partial charge in [-0.15, -0.1) is 0 Å². The molecule has 0 fully saturated rings. The SMILES string of the molecule is CCc1onc(C(=O)NCC(C)(CC)C(C)N(CC)CC)c1C. The minimum absolute atomic E-state index is 0.0207. The number of aryl methyl sites for hydroxylation is 1. The molecule has 1 aromatic heterocycles. The third-order valence-corrected chi connectivity index (χ3v) is 5.39. The van der Waals surface area contributed by atoms with Crippen molar-refractivity contribution in [3.8, 4) is 0 Å². The second kappa shape index (κ2) is 8.48. The molecule has 132 valence electrons. The summed E-state index contributed by atoms with van der Waals surface area (Å²) in [6.45, 7) is 17.6. The first-order valence-electron chi connectivity index (χ1n) is 8.81. The molecule has 0 spiro atoms. The zero-order chi connectivity index (χ0) is 17.6. The average molecular weight is 323 g/mol. The second-order valence-electron chi connectivity index (χ2n) is 6.52. The third kappa shape index (κ3) is 4.34. The van der Waals surface area contributed by atoms with E-state index in [9.17, 15) is 4.79 Å². The third-order valence-electron chi connectivity index (χ3n) is 5.39. The van der Waals surface area contributed by atoms with Crippen LogP contribution in [0.4, 0.5) is 0 Å². The lowest BCUT2D eigenvalue weighted by Gasteiger charge is -2.41. The normalized spacial score (nSPS) is 15.5. The number of amides is 1. The van der Waals surface area contributed by atoms with Crippen molar-refractivity contribution in [1.29, 1.82) is 0 Å². The number of nitrogens with zero attached hydrogens (tertiary/aromatic N) is 2. The number of rotatable bonds is 9. The van der Waals surface area contributed by atoms with E-state index >= 15 is 0 Å². The largest absolute Gasteiger partial charge is 0.360 e. The molecule has 1 N–H and O–H groups in total. The summed E-state index contributed by atoms with van der Waals surface area (Å²) in [6, 6.07) is 0.396. The molecule has 0 saturated carbocycles. The summed E-state index contributed by atoms with van der Waals surface area (Å²) in [5.74, 6) is 0.641. The van der Waals surface area contributed by atoms with Crippen molar-refractivity contribution >= 4 is 5.91 Å². The van der Waals surface area contributed by atoms with Gasteiger partial charge in [0.1, 0.15) is 5.76 Å². The number of carbonyl (C=O) groups is 1. The van der Waals surface area contributed by atoms with Crippen molar-refractivity contribution in [3.05, 3.63) is 17.0 Å². The van der Waals surface area contributed by atoms with Crippen molar-refractivity contribution in [2.24, 2.45) is 5.41 Å². The molecule has 0 aliphatic carbocycles. The first-order chi connectivity index (χ1) is 10.8. The Kier molecular flexibility index (Phi) is 7.26. The summed E-state index contributed by atoms with van der Waals surface area (Å²) in [5, 5.41) is 6.99. The van der Waals surface area contributed by atoms with Gasteiger partial charge in [0.05, 0.1) is 0 Å². The fourth-order valence-electron chi connectivity index (χ4n) is 3.06. The first-order valence-corrected chi connectivity index (χ1v) is 8.81. The Hall–Kier alpha value is -1.36. The Bertz CT molecular complexity index is 508. The van der Waals surface area contributed by atoms with E-state index < -0.39 is 0 Å². The first kappa shape index (κ1) is 19.7. The monoisotopic (exact) mass is 323 g/mol. The summed E-state index contributed by atoms with van der Waals surface area (Å²) in [5.41, 5.74) is 1.28. The smallest absolute Gasteiger partial charge is 0.273 e. The number of carbonyl (C=O) groups excluding carboxylic acids is 1. The molecule has 2 atom stereocenters. The van der Waals surface area contributed by atoms with Crippen LogP contribution in [0.3, 0.4) is 0 Å². The van der Waals surface area contributed by atoms with E-state index in [1.54, 1.807) is 0 Å². The van der Waals surface area contributed by atoms with E-state index in [1.165, 1.54) is 0 Å². The molecule has 0 aliphatic heterocycles. The molecular weight excluding hydrogens is 290 g/mol. The Labute approximate surface area is 140 Å². The topological polar surface area (TPSA) is 58.4 Å². The van der Waals surface area contributed by atoms with Crippen LogP contribution in [0.25, 0.3) is 0 Å². The zero-order valence-corrected chi connectivity index (χ0v) is 15.8. The van der Waals surface area contributed by atoms with Gasteiger partial charge in [-0.1, -0.05) is 39.8 Å². The van der Waals surface area contributed by atoms with Crippen LogP contribution in [0.5, 0.6) is 0 Å². The molecule has 1 rings (SSSR count). The summed E-state index contributed by atoms with van der Waals surface area (Å²) in [4.78, 5) is 14.9. The minimum Gasteiger partial charge on any atom is -0.360 e. The summed E-state index contributed by atoms with van der Waals surface area (Å²) >= 11 is 0. The van der Waals surface area contributed by atoms with E-state index in [-0.39, 0.29) is 11.3 Å². The lowest BCUT2D eigenvalue weighted by Crippen LogP contribution is -2.50. The van der Waals surface area contributed by atoms with Crippen LogP contribution in [0.1, 0.15) is 69.8 Å². The Morgan fingerprint density at radius 1 is 1.30 bits per heavy atom. The molecule has 0 aromatic carbocycles. The molecule has 5 heteroatoms. The van der Waals surface area contributed by atoms with E-state index in [0.717, 1.165) is 37.3 Å². The van der Waals surface area contributed by atoms with Crippen LogP contribution in [0.2, 0.25) is 0 Å². The molecule has 0 bridgehead atoms. The van der Waals surface area contributed by atoms with Gasteiger partial charge in [0, 0.05) is 24.6 Å². The lowest BCUT2D eigenvalue weighted by atomic mass is 9.79. The molecule has 1 heterocycles. The highest BCUT2D eigenvalue weighted by molar-refractivity contribution is 5.93. The highest BCUT2D eigenvalue weighted by atomic mass is 16.5. The standard InChI is InChI=1S/C18H33N3O2/c1-8-15-13(5)16(20-23-15)17(22)19-12-18(7,9-2)14(6)21(10-3)11-4/h14H,8-12H2,1-7H3,(H,19,22). The van der Waals surface area contributed by atoms with Crippen molar-refractivity contribution in [3.63, 3.8) is 0 Å². The van der Waals surface area contributed by atoms with E-state index in [1.807, 2.05) is 13.8 Å². The number of hydrogen-bond donors (Lipinski definition) is 1. The van der Waals surface area contributed by atoms with Gasteiger partial charge in [-0.25, -0.2) is 0 Å². The summed E-state index contributed by atoms with van der Waals surface area (Å²) < 4.78 is 5.23. The molecule has 5 nitrogen and oxygen atoms in total. The van der Waals surface area contributed by atoms with Crippen molar-refractivity contribution < 1.29 is 9.32 Å². The maximum absolute atomic E-state index is 12.4. The van der Waals surface area contributed by atoms with Gasteiger partial charge in [0.15, 0.2) is 5.69 Å². The average Bonchev–Trinajstić information content (AvgIpc) is 2.94. The highest BCUT2D eigenvalue weighted by Gasteiger charge is 2.33. The predicted molar refractivity (Wildman–Crippen MR) is 93.7 cm³/mol. The maximum atomic E-state index is 12.4. The maximum Gasteiger partial charge on any atom is 0.273 e. The van der Waals surface area contributed by atoms with Crippen LogP contribution in [-0.2, 0) is 6.42 Å². The Morgan fingerprint density at radius 3 is 2.35 bits per heavy atom. The quantitative estimate of drug-likeness (QED) is 0.756. The highest BCUT2D eigenvalue weighted by Crippen LogP contribution is 2.29. The summed E-state index contributed by atoms with van der Waals surface area (Å²) in [6.07, 6.45) is 1.75. The second-order valence-corrected chi connectivity index (χ2v) is 6.52.